The fraction of sp³-hybridized carbons (Fsp3) is 0.333. The van der Waals surface area contributed by atoms with Crippen LogP contribution in [-0.4, -0.2) is 19.7 Å². The van der Waals surface area contributed by atoms with Crippen molar-refractivity contribution in [2.24, 2.45) is 0 Å². The van der Waals surface area contributed by atoms with Gasteiger partial charge in [0.1, 0.15) is 17.6 Å². The Hall–Kier alpha value is -2.09. The lowest BCUT2D eigenvalue weighted by Gasteiger charge is -2.09. The molecule has 90 valence electrons. The van der Waals surface area contributed by atoms with Gasteiger partial charge in [-0.1, -0.05) is 0 Å². The molecule has 0 aromatic heterocycles. The van der Waals surface area contributed by atoms with Gasteiger partial charge in [0, 0.05) is 11.6 Å². The van der Waals surface area contributed by atoms with Gasteiger partial charge in [-0.15, -0.1) is 0 Å². The number of halogens is 1. The number of carbonyl (C=O) groups is 1. The van der Waals surface area contributed by atoms with Gasteiger partial charge >= 0.3 is 5.97 Å². The summed E-state index contributed by atoms with van der Waals surface area (Å²) in [5.74, 6) is -0.882. The lowest BCUT2D eigenvalue weighted by Crippen LogP contribution is -2.09. The molecule has 0 aliphatic carbocycles. The third kappa shape index (κ3) is 3.18. The van der Waals surface area contributed by atoms with E-state index in [0.717, 1.165) is 6.07 Å². The molecule has 0 bridgehead atoms. The van der Waals surface area contributed by atoms with E-state index in [1.165, 1.54) is 13.2 Å². The number of carbonyl (C=O) groups excluding carboxylic acids is 1. The van der Waals surface area contributed by atoms with Crippen LogP contribution in [0.4, 0.5) is 4.39 Å². The zero-order chi connectivity index (χ0) is 12.8. The predicted molar refractivity (Wildman–Crippen MR) is 58.0 cm³/mol. The summed E-state index contributed by atoms with van der Waals surface area (Å²) in [6.07, 6.45) is -0.0496. The maximum Gasteiger partial charge on any atom is 0.310 e. The van der Waals surface area contributed by atoms with Crippen LogP contribution >= 0.6 is 0 Å². The van der Waals surface area contributed by atoms with Crippen LogP contribution in [0.25, 0.3) is 0 Å². The molecule has 17 heavy (non-hydrogen) atoms. The molecule has 1 aromatic carbocycles. The average Bonchev–Trinajstić information content (AvgIpc) is 2.31. The molecule has 0 amide bonds. The molecule has 4 nitrogen and oxygen atoms in total. The normalized spacial score (nSPS) is 9.53. The standard InChI is InChI=1S/C12H12FNO3/c1-3-17-12(15)5-8-4-9(7-14)10(13)6-11(8)16-2/h4,6H,3,5H2,1-2H3. The van der Waals surface area contributed by atoms with Crippen molar-refractivity contribution in [3.63, 3.8) is 0 Å². The summed E-state index contributed by atoms with van der Waals surface area (Å²) in [5, 5.41) is 8.70. The van der Waals surface area contributed by atoms with E-state index in [-0.39, 0.29) is 24.3 Å². The summed E-state index contributed by atoms with van der Waals surface area (Å²) in [5.41, 5.74) is 0.314. The van der Waals surface area contributed by atoms with Gasteiger partial charge in [0.05, 0.1) is 25.7 Å². The molecule has 5 heteroatoms. The van der Waals surface area contributed by atoms with Crippen LogP contribution in [0.3, 0.4) is 0 Å². The van der Waals surface area contributed by atoms with Gasteiger partial charge in [-0.2, -0.15) is 5.26 Å². The summed E-state index contributed by atoms with van der Waals surface area (Å²) in [7, 11) is 1.37. The Morgan fingerprint density at radius 3 is 2.76 bits per heavy atom. The third-order valence-corrected chi connectivity index (χ3v) is 2.13. The van der Waals surface area contributed by atoms with Crippen molar-refractivity contribution in [2.45, 2.75) is 13.3 Å². The fourth-order valence-electron chi connectivity index (χ4n) is 1.38. The summed E-state index contributed by atoms with van der Waals surface area (Å²) >= 11 is 0. The minimum Gasteiger partial charge on any atom is -0.496 e. The van der Waals surface area contributed by atoms with Crippen LogP contribution in [0.15, 0.2) is 12.1 Å². The number of ether oxygens (including phenoxy) is 2. The molecule has 0 spiro atoms. The number of methoxy groups -OCH3 is 1. The Morgan fingerprint density at radius 2 is 2.24 bits per heavy atom. The molecular formula is C12H12FNO3. The van der Waals surface area contributed by atoms with E-state index in [1.54, 1.807) is 13.0 Å². The SMILES string of the molecule is CCOC(=O)Cc1cc(C#N)c(F)cc1OC. The number of rotatable bonds is 4. The highest BCUT2D eigenvalue weighted by Gasteiger charge is 2.13. The fourth-order valence-corrected chi connectivity index (χ4v) is 1.38. The molecule has 0 heterocycles. The first-order valence-corrected chi connectivity index (χ1v) is 5.04. The first-order chi connectivity index (χ1) is 8.12. The molecule has 0 fully saturated rings. The average molecular weight is 237 g/mol. The molecule has 0 aliphatic heterocycles. The summed E-state index contributed by atoms with van der Waals surface area (Å²) in [6, 6.07) is 4.10. The molecular weight excluding hydrogens is 225 g/mol. The van der Waals surface area contributed by atoms with E-state index in [1.807, 2.05) is 0 Å². The van der Waals surface area contributed by atoms with E-state index >= 15 is 0 Å². The number of esters is 1. The first-order valence-electron chi connectivity index (χ1n) is 5.04. The van der Waals surface area contributed by atoms with Crippen molar-refractivity contribution in [1.82, 2.24) is 0 Å². The third-order valence-electron chi connectivity index (χ3n) is 2.13. The largest absolute Gasteiger partial charge is 0.496 e. The van der Waals surface area contributed by atoms with Gasteiger partial charge in [0.25, 0.3) is 0 Å². The van der Waals surface area contributed by atoms with Crippen LogP contribution in [0, 0.1) is 17.1 Å². The number of benzene rings is 1. The van der Waals surface area contributed by atoms with Crippen molar-refractivity contribution in [3.8, 4) is 11.8 Å². The monoisotopic (exact) mass is 237 g/mol. The van der Waals surface area contributed by atoms with Crippen molar-refractivity contribution < 1.29 is 18.7 Å². The molecule has 1 aromatic rings. The Bertz CT molecular complexity index is 466. The molecule has 0 radical (unpaired) electrons. The summed E-state index contributed by atoms with van der Waals surface area (Å²) in [4.78, 5) is 11.3. The van der Waals surface area contributed by atoms with Crippen LogP contribution in [0.5, 0.6) is 5.75 Å². The van der Waals surface area contributed by atoms with Crippen LogP contribution in [-0.2, 0) is 16.0 Å². The second-order valence-electron chi connectivity index (χ2n) is 3.24. The maximum absolute atomic E-state index is 13.3. The topological polar surface area (TPSA) is 59.3 Å². The van der Waals surface area contributed by atoms with Crippen molar-refractivity contribution >= 4 is 5.97 Å². The van der Waals surface area contributed by atoms with Crippen molar-refractivity contribution in [1.29, 1.82) is 5.26 Å². The molecule has 0 saturated heterocycles. The smallest absolute Gasteiger partial charge is 0.310 e. The number of nitriles is 1. The van der Waals surface area contributed by atoms with Crippen molar-refractivity contribution in [3.05, 3.63) is 29.1 Å². The molecule has 0 aliphatic rings. The van der Waals surface area contributed by atoms with Gasteiger partial charge in [-0.3, -0.25) is 4.79 Å². The molecule has 0 atom stereocenters. The lowest BCUT2D eigenvalue weighted by molar-refractivity contribution is -0.142. The zero-order valence-corrected chi connectivity index (χ0v) is 9.62. The number of hydrogen-bond donors (Lipinski definition) is 0. The summed E-state index contributed by atoms with van der Waals surface area (Å²) < 4.78 is 23.0. The van der Waals surface area contributed by atoms with Gasteiger partial charge in [-0.05, 0) is 13.0 Å². The minimum absolute atomic E-state index is 0.0496. The Labute approximate surface area is 98.6 Å². The van der Waals surface area contributed by atoms with Crippen LogP contribution < -0.4 is 4.74 Å². The molecule has 0 unspecified atom stereocenters. The second kappa shape index (κ2) is 5.85. The Balaban J connectivity index is 3.05. The highest BCUT2D eigenvalue weighted by Crippen LogP contribution is 2.23. The summed E-state index contributed by atoms with van der Waals surface area (Å²) in [6.45, 7) is 1.97. The quantitative estimate of drug-likeness (QED) is 0.749. The van der Waals surface area contributed by atoms with Gasteiger partial charge < -0.3 is 9.47 Å². The Kier molecular flexibility index (Phi) is 4.46. The zero-order valence-electron chi connectivity index (χ0n) is 9.62. The highest BCUT2D eigenvalue weighted by atomic mass is 19.1. The van der Waals surface area contributed by atoms with E-state index in [0.29, 0.717) is 5.56 Å². The van der Waals surface area contributed by atoms with Crippen molar-refractivity contribution in [2.75, 3.05) is 13.7 Å². The molecule has 1 rings (SSSR count). The predicted octanol–water partition coefficient (Wildman–Crippen LogP) is 1.81. The minimum atomic E-state index is -0.669. The number of nitrogens with zero attached hydrogens (tertiary/aromatic N) is 1. The van der Waals surface area contributed by atoms with Crippen LogP contribution in [0.2, 0.25) is 0 Å². The van der Waals surface area contributed by atoms with Gasteiger partial charge in [0.15, 0.2) is 0 Å². The highest BCUT2D eigenvalue weighted by molar-refractivity contribution is 5.73. The maximum atomic E-state index is 13.3. The van der Waals surface area contributed by atoms with E-state index < -0.39 is 11.8 Å². The van der Waals surface area contributed by atoms with Gasteiger partial charge in [-0.25, -0.2) is 4.39 Å². The van der Waals surface area contributed by atoms with E-state index in [4.69, 9.17) is 14.7 Å². The van der Waals surface area contributed by atoms with Gasteiger partial charge in [0.2, 0.25) is 0 Å². The number of hydrogen-bond acceptors (Lipinski definition) is 4. The first kappa shape index (κ1) is 13.0. The molecule has 0 N–H and O–H groups in total. The van der Waals surface area contributed by atoms with E-state index in [2.05, 4.69) is 0 Å². The van der Waals surface area contributed by atoms with E-state index in [9.17, 15) is 9.18 Å². The lowest BCUT2D eigenvalue weighted by atomic mass is 10.1. The molecule has 0 saturated carbocycles. The van der Waals surface area contributed by atoms with Crippen LogP contribution in [0.1, 0.15) is 18.1 Å². The Morgan fingerprint density at radius 1 is 1.53 bits per heavy atom. The second-order valence-corrected chi connectivity index (χ2v) is 3.24.